The first-order valence-corrected chi connectivity index (χ1v) is 5.09. The standard InChI is InChI=1S/C9H14N4O4/c1-5-9(17)12-3-7(15)10-2-6(14)11-4-8(16)13-5/h5H,2-4H2,1H3,(H,10,15)(H,11,14)(H,12,17)(H,13,16). The fourth-order valence-electron chi connectivity index (χ4n) is 1.16. The van der Waals surface area contributed by atoms with Crippen LogP contribution < -0.4 is 21.3 Å². The molecular weight excluding hydrogens is 228 g/mol. The third kappa shape index (κ3) is 4.49. The van der Waals surface area contributed by atoms with Crippen molar-refractivity contribution in [2.75, 3.05) is 19.6 Å². The summed E-state index contributed by atoms with van der Waals surface area (Å²) in [6, 6.07) is -0.758. The molecule has 1 fully saturated rings. The summed E-state index contributed by atoms with van der Waals surface area (Å²) < 4.78 is 0. The van der Waals surface area contributed by atoms with Gasteiger partial charge < -0.3 is 21.3 Å². The lowest BCUT2D eigenvalue weighted by molar-refractivity contribution is -0.132. The first-order valence-electron chi connectivity index (χ1n) is 5.09. The number of carbonyl (C=O) groups is 4. The van der Waals surface area contributed by atoms with Gasteiger partial charge in [0.1, 0.15) is 6.04 Å². The normalized spacial score (nSPS) is 23.5. The van der Waals surface area contributed by atoms with Crippen LogP contribution in [0.1, 0.15) is 6.92 Å². The van der Waals surface area contributed by atoms with Gasteiger partial charge in [-0.1, -0.05) is 0 Å². The van der Waals surface area contributed by atoms with Crippen LogP contribution in [0.25, 0.3) is 0 Å². The van der Waals surface area contributed by atoms with E-state index in [0.717, 1.165) is 0 Å². The maximum atomic E-state index is 11.4. The fourth-order valence-corrected chi connectivity index (χ4v) is 1.16. The zero-order chi connectivity index (χ0) is 12.8. The molecule has 1 aliphatic heterocycles. The predicted molar refractivity (Wildman–Crippen MR) is 56.6 cm³/mol. The van der Waals surface area contributed by atoms with Crippen LogP contribution in [0.3, 0.4) is 0 Å². The Bertz CT molecular complexity index is 355. The maximum absolute atomic E-state index is 11.4. The molecule has 4 amide bonds. The lowest BCUT2D eigenvalue weighted by Crippen LogP contribution is -2.52. The first kappa shape index (κ1) is 12.9. The summed E-state index contributed by atoms with van der Waals surface area (Å²) in [7, 11) is 0. The van der Waals surface area contributed by atoms with Crippen molar-refractivity contribution in [1.29, 1.82) is 0 Å². The van der Waals surface area contributed by atoms with Gasteiger partial charge >= 0.3 is 0 Å². The van der Waals surface area contributed by atoms with Crippen LogP contribution >= 0.6 is 0 Å². The molecule has 1 rings (SSSR count). The maximum Gasteiger partial charge on any atom is 0.242 e. The highest BCUT2D eigenvalue weighted by atomic mass is 16.2. The van der Waals surface area contributed by atoms with Crippen molar-refractivity contribution in [1.82, 2.24) is 21.3 Å². The van der Waals surface area contributed by atoms with E-state index >= 15 is 0 Å². The van der Waals surface area contributed by atoms with E-state index in [1.54, 1.807) is 0 Å². The van der Waals surface area contributed by atoms with Gasteiger partial charge in [-0.3, -0.25) is 19.2 Å². The van der Waals surface area contributed by atoms with E-state index in [4.69, 9.17) is 0 Å². The fraction of sp³-hybridized carbons (Fsp3) is 0.556. The summed E-state index contributed by atoms with van der Waals surface area (Å²) in [5, 5.41) is 9.34. The van der Waals surface area contributed by atoms with Gasteiger partial charge in [-0.15, -0.1) is 0 Å². The largest absolute Gasteiger partial charge is 0.346 e. The van der Waals surface area contributed by atoms with E-state index in [1.165, 1.54) is 6.92 Å². The minimum atomic E-state index is -0.758. The van der Waals surface area contributed by atoms with Crippen LogP contribution in [0.2, 0.25) is 0 Å². The van der Waals surface area contributed by atoms with Crippen molar-refractivity contribution >= 4 is 23.6 Å². The molecule has 17 heavy (non-hydrogen) atoms. The van der Waals surface area contributed by atoms with Gasteiger partial charge in [-0.25, -0.2) is 0 Å². The minimum absolute atomic E-state index is 0.225. The molecule has 4 N–H and O–H groups in total. The topological polar surface area (TPSA) is 116 Å². The van der Waals surface area contributed by atoms with Crippen LogP contribution in [0.15, 0.2) is 0 Å². The van der Waals surface area contributed by atoms with Gasteiger partial charge in [0, 0.05) is 0 Å². The predicted octanol–water partition coefficient (Wildman–Crippen LogP) is -3.15. The van der Waals surface area contributed by atoms with Gasteiger partial charge in [0.05, 0.1) is 19.6 Å². The highest BCUT2D eigenvalue weighted by molar-refractivity contribution is 5.93. The molecule has 0 aromatic carbocycles. The van der Waals surface area contributed by atoms with Gasteiger partial charge in [0.15, 0.2) is 0 Å². The second-order valence-electron chi connectivity index (χ2n) is 3.56. The third-order valence-electron chi connectivity index (χ3n) is 2.09. The Kier molecular flexibility index (Phi) is 4.44. The molecule has 8 heteroatoms. The van der Waals surface area contributed by atoms with Crippen LogP contribution in [-0.4, -0.2) is 49.3 Å². The first-order chi connectivity index (χ1) is 7.99. The highest BCUT2D eigenvalue weighted by Crippen LogP contribution is 1.83. The Labute approximate surface area is 97.5 Å². The molecular formula is C9H14N4O4. The summed E-state index contributed by atoms with van der Waals surface area (Å²) in [6.07, 6.45) is 0. The second kappa shape index (κ2) is 5.83. The molecule has 1 atom stereocenters. The summed E-state index contributed by atoms with van der Waals surface area (Å²) in [4.78, 5) is 45.0. The number of carbonyl (C=O) groups excluding carboxylic acids is 4. The van der Waals surface area contributed by atoms with Crippen molar-refractivity contribution in [2.45, 2.75) is 13.0 Å². The zero-order valence-electron chi connectivity index (χ0n) is 9.33. The molecule has 0 radical (unpaired) electrons. The van der Waals surface area contributed by atoms with Gasteiger partial charge in [0.2, 0.25) is 23.6 Å². The van der Waals surface area contributed by atoms with E-state index in [9.17, 15) is 19.2 Å². The molecule has 0 aliphatic carbocycles. The Hall–Kier alpha value is -2.12. The molecule has 1 heterocycles. The van der Waals surface area contributed by atoms with Crippen molar-refractivity contribution in [3.05, 3.63) is 0 Å². The van der Waals surface area contributed by atoms with Crippen molar-refractivity contribution in [3.63, 3.8) is 0 Å². The number of amides is 4. The Morgan fingerprint density at radius 1 is 0.824 bits per heavy atom. The lowest BCUT2D eigenvalue weighted by atomic mass is 10.3. The molecule has 0 aromatic heterocycles. The molecule has 94 valence electrons. The summed E-state index contributed by atoms with van der Waals surface area (Å²) in [5.41, 5.74) is 0. The molecule has 0 bridgehead atoms. The average Bonchev–Trinajstić information content (AvgIpc) is 2.29. The lowest BCUT2D eigenvalue weighted by Gasteiger charge is -2.15. The molecule has 0 spiro atoms. The Morgan fingerprint density at radius 3 is 1.88 bits per heavy atom. The van der Waals surface area contributed by atoms with Crippen molar-refractivity contribution in [2.24, 2.45) is 0 Å². The van der Waals surface area contributed by atoms with E-state index in [-0.39, 0.29) is 19.6 Å². The van der Waals surface area contributed by atoms with Crippen LogP contribution in [-0.2, 0) is 19.2 Å². The molecule has 1 aliphatic rings. The van der Waals surface area contributed by atoms with Gasteiger partial charge in [-0.2, -0.15) is 0 Å². The second-order valence-corrected chi connectivity index (χ2v) is 3.56. The minimum Gasteiger partial charge on any atom is -0.346 e. The van der Waals surface area contributed by atoms with Crippen LogP contribution in [0, 0.1) is 0 Å². The molecule has 8 nitrogen and oxygen atoms in total. The SMILES string of the molecule is CC1NC(=O)CNC(=O)CNC(=O)CNC1=O. The van der Waals surface area contributed by atoms with E-state index in [1.807, 2.05) is 0 Å². The molecule has 0 aromatic rings. The molecule has 1 saturated heterocycles. The van der Waals surface area contributed by atoms with E-state index in [2.05, 4.69) is 21.3 Å². The molecule has 1 unspecified atom stereocenters. The number of nitrogens with one attached hydrogen (secondary N) is 4. The Balaban J connectivity index is 2.63. The Morgan fingerprint density at radius 2 is 1.29 bits per heavy atom. The summed E-state index contributed by atoms with van der Waals surface area (Å²) >= 11 is 0. The third-order valence-corrected chi connectivity index (χ3v) is 2.09. The number of hydrogen-bond donors (Lipinski definition) is 4. The monoisotopic (exact) mass is 242 g/mol. The van der Waals surface area contributed by atoms with E-state index < -0.39 is 29.7 Å². The zero-order valence-corrected chi connectivity index (χ0v) is 9.33. The van der Waals surface area contributed by atoms with Crippen molar-refractivity contribution < 1.29 is 19.2 Å². The average molecular weight is 242 g/mol. The van der Waals surface area contributed by atoms with Gasteiger partial charge in [-0.05, 0) is 6.92 Å². The van der Waals surface area contributed by atoms with Crippen LogP contribution in [0.5, 0.6) is 0 Å². The summed E-state index contributed by atoms with van der Waals surface area (Å²) in [5.74, 6) is -1.85. The number of hydrogen-bond acceptors (Lipinski definition) is 4. The quantitative estimate of drug-likeness (QED) is 0.359. The van der Waals surface area contributed by atoms with Gasteiger partial charge in [0.25, 0.3) is 0 Å². The highest BCUT2D eigenvalue weighted by Gasteiger charge is 2.17. The summed E-state index contributed by atoms with van der Waals surface area (Å²) in [6.45, 7) is 0.801. The van der Waals surface area contributed by atoms with Crippen LogP contribution in [0.4, 0.5) is 0 Å². The molecule has 0 saturated carbocycles. The number of rotatable bonds is 0. The smallest absolute Gasteiger partial charge is 0.242 e. The van der Waals surface area contributed by atoms with Crippen molar-refractivity contribution in [3.8, 4) is 0 Å². The van der Waals surface area contributed by atoms with E-state index in [0.29, 0.717) is 0 Å².